The van der Waals surface area contributed by atoms with E-state index in [-0.39, 0.29) is 0 Å². The van der Waals surface area contributed by atoms with Gasteiger partial charge in [-0.25, -0.2) is 0 Å². The zero-order chi connectivity index (χ0) is 20.2. The van der Waals surface area contributed by atoms with Gasteiger partial charge in [0.05, 0.1) is 32.6 Å². The summed E-state index contributed by atoms with van der Waals surface area (Å²) >= 11 is 0. The second-order valence-electron chi connectivity index (χ2n) is 6.59. The summed E-state index contributed by atoms with van der Waals surface area (Å²) in [5, 5.41) is 0. The molecule has 0 atom stereocenters. The van der Waals surface area contributed by atoms with Crippen molar-refractivity contribution in [3.05, 3.63) is 85.1 Å². The van der Waals surface area contributed by atoms with Crippen LogP contribution in [-0.4, -0.2) is 25.9 Å². The van der Waals surface area contributed by atoms with Crippen LogP contribution in [0.5, 0.6) is 17.2 Å². The molecule has 0 saturated heterocycles. The molecule has 0 radical (unpaired) electrons. The quantitative estimate of drug-likeness (QED) is 0.418. The number of methoxy groups -OCH3 is 3. The SMILES string of the molecule is COc1cc(OC)c(-c2cc(-c3ccccc3)cn2-c2ccccc2)c(OC)c1. The summed E-state index contributed by atoms with van der Waals surface area (Å²) in [6.45, 7) is 0. The summed E-state index contributed by atoms with van der Waals surface area (Å²) in [5.41, 5.74) is 5.18. The highest BCUT2D eigenvalue weighted by molar-refractivity contribution is 5.82. The first-order valence-electron chi connectivity index (χ1n) is 9.38. The molecule has 1 aromatic heterocycles. The molecule has 0 aliphatic heterocycles. The Bertz CT molecular complexity index is 1080. The van der Waals surface area contributed by atoms with Gasteiger partial charge in [-0.05, 0) is 23.8 Å². The Labute approximate surface area is 170 Å². The predicted octanol–water partition coefficient (Wildman–Crippen LogP) is 5.84. The molecular weight excluding hydrogens is 362 g/mol. The number of para-hydroxylation sites is 1. The first-order chi connectivity index (χ1) is 14.2. The van der Waals surface area contributed by atoms with E-state index >= 15 is 0 Å². The zero-order valence-electron chi connectivity index (χ0n) is 16.8. The molecule has 3 aromatic carbocycles. The molecule has 29 heavy (non-hydrogen) atoms. The molecule has 146 valence electrons. The van der Waals surface area contributed by atoms with Crippen molar-refractivity contribution in [2.24, 2.45) is 0 Å². The van der Waals surface area contributed by atoms with E-state index in [4.69, 9.17) is 14.2 Å². The summed E-state index contributed by atoms with van der Waals surface area (Å²) < 4.78 is 19.0. The summed E-state index contributed by atoms with van der Waals surface area (Å²) in [5.74, 6) is 2.07. The number of hydrogen-bond acceptors (Lipinski definition) is 3. The van der Waals surface area contributed by atoms with Crippen molar-refractivity contribution in [2.75, 3.05) is 21.3 Å². The number of benzene rings is 3. The summed E-state index contributed by atoms with van der Waals surface area (Å²) in [4.78, 5) is 0. The van der Waals surface area contributed by atoms with Crippen LogP contribution in [0.25, 0.3) is 28.1 Å². The zero-order valence-corrected chi connectivity index (χ0v) is 16.8. The Morgan fingerprint density at radius 1 is 0.621 bits per heavy atom. The van der Waals surface area contributed by atoms with Gasteiger partial charge in [0.1, 0.15) is 17.2 Å². The minimum Gasteiger partial charge on any atom is -0.496 e. The Morgan fingerprint density at radius 3 is 1.76 bits per heavy atom. The van der Waals surface area contributed by atoms with Crippen LogP contribution in [0.15, 0.2) is 85.1 Å². The molecular formula is C25H23NO3. The average Bonchev–Trinajstić information content (AvgIpc) is 3.24. The van der Waals surface area contributed by atoms with Crippen molar-refractivity contribution in [3.63, 3.8) is 0 Å². The van der Waals surface area contributed by atoms with E-state index in [0.717, 1.165) is 28.1 Å². The molecule has 0 saturated carbocycles. The van der Waals surface area contributed by atoms with Gasteiger partial charge in [-0.3, -0.25) is 0 Å². The maximum Gasteiger partial charge on any atom is 0.135 e. The molecule has 0 fully saturated rings. The minimum atomic E-state index is 0.684. The standard InChI is InChI=1S/C25H23NO3/c1-27-21-15-23(28-2)25(24(16-21)29-3)22-14-19(18-10-6-4-7-11-18)17-26(22)20-12-8-5-9-13-20/h4-17H,1-3H3. The molecule has 4 nitrogen and oxygen atoms in total. The largest absolute Gasteiger partial charge is 0.496 e. The Balaban J connectivity index is 2.00. The van der Waals surface area contributed by atoms with Gasteiger partial charge in [0.25, 0.3) is 0 Å². The van der Waals surface area contributed by atoms with Crippen LogP contribution < -0.4 is 14.2 Å². The van der Waals surface area contributed by atoms with E-state index in [1.165, 1.54) is 0 Å². The average molecular weight is 385 g/mol. The smallest absolute Gasteiger partial charge is 0.135 e. The molecule has 0 aliphatic carbocycles. The second kappa shape index (κ2) is 8.15. The van der Waals surface area contributed by atoms with Crippen LogP contribution in [0, 0.1) is 0 Å². The molecule has 0 N–H and O–H groups in total. The molecule has 0 amide bonds. The van der Waals surface area contributed by atoms with Gasteiger partial charge in [0.15, 0.2) is 0 Å². The van der Waals surface area contributed by atoms with Gasteiger partial charge in [0.2, 0.25) is 0 Å². The maximum absolute atomic E-state index is 5.72. The molecule has 0 bridgehead atoms. The maximum atomic E-state index is 5.72. The molecule has 0 spiro atoms. The van der Waals surface area contributed by atoms with Gasteiger partial charge < -0.3 is 18.8 Å². The topological polar surface area (TPSA) is 32.6 Å². The lowest BCUT2D eigenvalue weighted by molar-refractivity contribution is 0.377. The first kappa shape index (κ1) is 18.7. The lowest BCUT2D eigenvalue weighted by Crippen LogP contribution is -2.00. The molecule has 4 rings (SSSR count). The summed E-state index contributed by atoms with van der Waals surface area (Å²) in [6.07, 6.45) is 2.14. The molecule has 4 heteroatoms. The van der Waals surface area contributed by atoms with E-state index in [0.29, 0.717) is 17.2 Å². The van der Waals surface area contributed by atoms with E-state index in [9.17, 15) is 0 Å². The van der Waals surface area contributed by atoms with Crippen LogP contribution >= 0.6 is 0 Å². The van der Waals surface area contributed by atoms with Crippen LogP contribution in [0.4, 0.5) is 0 Å². The van der Waals surface area contributed by atoms with Crippen molar-refractivity contribution in [1.82, 2.24) is 4.57 Å². The minimum absolute atomic E-state index is 0.684. The van der Waals surface area contributed by atoms with Crippen molar-refractivity contribution in [3.8, 4) is 45.3 Å². The highest BCUT2D eigenvalue weighted by Gasteiger charge is 2.20. The van der Waals surface area contributed by atoms with Crippen molar-refractivity contribution >= 4 is 0 Å². The lowest BCUT2D eigenvalue weighted by atomic mass is 10.1. The van der Waals surface area contributed by atoms with Gasteiger partial charge in [-0.2, -0.15) is 0 Å². The number of hydrogen-bond donors (Lipinski definition) is 0. The number of rotatable bonds is 6. The summed E-state index contributed by atoms with van der Waals surface area (Å²) in [7, 11) is 4.95. The number of nitrogens with zero attached hydrogens (tertiary/aromatic N) is 1. The van der Waals surface area contributed by atoms with Crippen molar-refractivity contribution in [1.29, 1.82) is 0 Å². The fourth-order valence-electron chi connectivity index (χ4n) is 3.50. The van der Waals surface area contributed by atoms with E-state index in [1.807, 2.05) is 48.5 Å². The predicted molar refractivity (Wildman–Crippen MR) is 116 cm³/mol. The fraction of sp³-hybridized carbons (Fsp3) is 0.120. The Kier molecular flexibility index (Phi) is 5.25. The fourth-order valence-corrected chi connectivity index (χ4v) is 3.50. The third-order valence-electron chi connectivity index (χ3n) is 4.93. The highest BCUT2D eigenvalue weighted by atomic mass is 16.5. The molecule has 0 unspecified atom stereocenters. The Hall–Kier alpha value is -3.66. The monoisotopic (exact) mass is 385 g/mol. The van der Waals surface area contributed by atoms with Crippen molar-refractivity contribution in [2.45, 2.75) is 0 Å². The second-order valence-corrected chi connectivity index (χ2v) is 6.59. The van der Waals surface area contributed by atoms with Crippen LogP contribution in [0.2, 0.25) is 0 Å². The third kappa shape index (κ3) is 3.57. The molecule has 4 aromatic rings. The first-order valence-corrected chi connectivity index (χ1v) is 9.38. The van der Waals surface area contributed by atoms with Gasteiger partial charge in [0, 0.05) is 29.6 Å². The number of ether oxygens (including phenoxy) is 3. The van der Waals surface area contributed by atoms with Gasteiger partial charge in [-0.1, -0.05) is 48.5 Å². The van der Waals surface area contributed by atoms with E-state index in [2.05, 4.69) is 41.1 Å². The van der Waals surface area contributed by atoms with Gasteiger partial charge >= 0.3 is 0 Å². The van der Waals surface area contributed by atoms with E-state index < -0.39 is 0 Å². The van der Waals surface area contributed by atoms with Crippen molar-refractivity contribution < 1.29 is 14.2 Å². The van der Waals surface area contributed by atoms with Crippen LogP contribution in [-0.2, 0) is 0 Å². The molecule has 0 aliphatic rings. The highest BCUT2D eigenvalue weighted by Crippen LogP contribution is 2.44. The van der Waals surface area contributed by atoms with Crippen LogP contribution in [0.1, 0.15) is 0 Å². The third-order valence-corrected chi connectivity index (χ3v) is 4.93. The van der Waals surface area contributed by atoms with Gasteiger partial charge in [-0.15, -0.1) is 0 Å². The normalized spacial score (nSPS) is 10.6. The molecule has 1 heterocycles. The number of aromatic nitrogens is 1. The van der Waals surface area contributed by atoms with Crippen LogP contribution in [0.3, 0.4) is 0 Å². The lowest BCUT2D eigenvalue weighted by Gasteiger charge is -2.17. The Morgan fingerprint density at radius 2 is 1.21 bits per heavy atom. The van der Waals surface area contributed by atoms with E-state index in [1.54, 1.807) is 21.3 Å². The summed E-state index contributed by atoms with van der Waals surface area (Å²) in [6, 6.07) is 26.5.